The van der Waals surface area contributed by atoms with Crippen molar-refractivity contribution in [3.05, 3.63) is 104 Å². The molecule has 0 fully saturated rings. The van der Waals surface area contributed by atoms with Gasteiger partial charge in [-0.3, -0.25) is 9.59 Å². The van der Waals surface area contributed by atoms with Crippen LogP contribution in [0.5, 0.6) is 0 Å². The molecule has 6 nitrogen and oxygen atoms in total. The molecule has 3 aromatic rings. The number of nitrogens with two attached hydrogens (primary N) is 1. The second kappa shape index (κ2) is 9.98. The Morgan fingerprint density at radius 1 is 0.973 bits per heavy atom. The number of carbonyl (C=O) groups is 2. The number of oxime groups is 1. The number of aryl methyl sites for hydroxylation is 1. The molecule has 0 spiro atoms. The van der Waals surface area contributed by atoms with Gasteiger partial charge in [-0.05, 0) is 66.6 Å². The van der Waals surface area contributed by atoms with Gasteiger partial charge in [0, 0.05) is 38.2 Å². The molecular weight excluding hydrogens is 554 g/mol. The van der Waals surface area contributed by atoms with Crippen LogP contribution in [-0.4, -0.2) is 28.7 Å². The van der Waals surface area contributed by atoms with Crippen molar-refractivity contribution < 1.29 is 27.6 Å². The van der Waals surface area contributed by atoms with Crippen LogP contribution in [0, 0.1) is 6.92 Å². The maximum absolute atomic E-state index is 14.2. The van der Waals surface area contributed by atoms with E-state index in [1.165, 1.54) is 42.5 Å². The van der Waals surface area contributed by atoms with Gasteiger partial charge in [0.2, 0.25) is 0 Å². The van der Waals surface area contributed by atoms with Crippen LogP contribution in [0.15, 0.2) is 65.8 Å². The summed E-state index contributed by atoms with van der Waals surface area (Å²) in [5.74, 6) is 4.19. The van der Waals surface area contributed by atoms with Crippen molar-refractivity contribution >= 4 is 52.3 Å². The van der Waals surface area contributed by atoms with E-state index in [1.807, 2.05) is 0 Å². The Morgan fingerprint density at radius 2 is 1.65 bits per heavy atom. The monoisotopic (exact) mass is 569 g/mol. The molecule has 192 valence electrons. The van der Waals surface area contributed by atoms with Gasteiger partial charge in [0.15, 0.2) is 0 Å². The molecule has 1 aliphatic heterocycles. The molecule has 0 radical (unpaired) electrons. The molecule has 1 atom stereocenters. The fourth-order valence-electron chi connectivity index (χ4n) is 3.91. The highest BCUT2D eigenvalue weighted by Gasteiger charge is 2.62. The van der Waals surface area contributed by atoms with Gasteiger partial charge in [0.05, 0.1) is 5.71 Å². The standard InChI is InChI=1S/C25H17Cl3F3N3O3/c1-13-7-14(5-6-20(13)23(36)34(32)22(35)15-3-2-4-17(26)8-15)21-12-24(37-33-21,25(29,30)31)16-9-18(27)11-19(28)10-16/h2-11H,12,32H2,1H3. The van der Waals surface area contributed by atoms with E-state index >= 15 is 0 Å². The lowest BCUT2D eigenvalue weighted by Gasteiger charge is -2.29. The largest absolute Gasteiger partial charge is 0.435 e. The normalized spacial score (nSPS) is 17.2. The highest BCUT2D eigenvalue weighted by atomic mass is 35.5. The summed E-state index contributed by atoms with van der Waals surface area (Å²) in [6.45, 7) is 1.55. The number of imide groups is 1. The van der Waals surface area contributed by atoms with Gasteiger partial charge >= 0.3 is 6.18 Å². The quantitative estimate of drug-likeness (QED) is 0.164. The van der Waals surface area contributed by atoms with Crippen molar-refractivity contribution in [2.75, 3.05) is 0 Å². The number of rotatable bonds is 4. The minimum atomic E-state index is -4.85. The third kappa shape index (κ3) is 5.17. The van der Waals surface area contributed by atoms with Gasteiger partial charge < -0.3 is 4.84 Å². The first-order chi connectivity index (χ1) is 17.3. The van der Waals surface area contributed by atoms with E-state index in [-0.39, 0.29) is 38.0 Å². The average Bonchev–Trinajstić information content (AvgIpc) is 3.29. The lowest BCUT2D eigenvalue weighted by atomic mass is 9.86. The molecule has 2 N–H and O–H groups in total. The van der Waals surface area contributed by atoms with Crippen molar-refractivity contribution in [3.8, 4) is 0 Å². The van der Waals surface area contributed by atoms with Crippen LogP contribution >= 0.6 is 34.8 Å². The number of hydrazine groups is 1. The predicted molar refractivity (Wildman–Crippen MR) is 134 cm³/mol. The molecule has 3 aromatic carbocycles. The number of benzene rings is 3. The van der Waals surface area contributed by atoms with E-state index < -0.39 is 30.0 Å². The summed E-state index contributed by atoms with van der Waals surface area (Å²) >= 11 is 17.8. The van der Waals surface area contributed by atoms with E-state index in [9.17, 15) is 22.8 Å². The summed E-state index contributed by atoms with van der Waals surface area (Å²) in [4.78, 5) is 30.5. The van der Waals surface area contributed by atoms with Crippen molar-refractivity contribution in [1.29, 1.82) is 0 Å². The fraction of sp³-hybridized carbons (Fsp3) is 0.160. The smallest absolute Gasteiger partial charge is 0.374 e. The van der Waals surface area contributed by atoms with E-state index in [1.54, 1.807) is 13.0 Å². The minimum absolute atomic E-state index is 0.00451. The van der Waals surface area contributed by atoms with Gasteiger partial charge in [-0.1, -0.05) is 52.1 Å². The van der Waals surface area contributed by atoms with Crippen molar-refractivity contribution in [2.24, 2.45) is 11.0 Å². The van der Waals surface area contributed by atoms with Crippen LogP contribution in [0.4, 0.5) is 13.2 Å². The van der Waals surface area contributed by atoms with Crippen molar-refractivity contribution in [3.63, 3.8) is 0 Å². The highest BCUT2D eigenvalue weighted by molar-refractivity contribution is 6.34. The van der Waals surface area contributed by atoms with Crippen molar-refractivity contribution in [2.45, 2.75) is 25.1 Å². The second-order valence-electron chi connectivity index (χ2n) is 8.31. The third-order valence-corrected chi connectivity index (χ3v) is 6.49. The molecule has 0 saturated heterocycles. The Hall–Kier alpha value is -3.11. The maximum Gasteiger partial charge on any atom is 0.435 e. The topological polar surface area (TPSA) is 85.0 Å². The minimum Gasteiger partial charge on any atom is -0.374 e. The lowest BCUT2D eigenvalue weighted by molar-refractivity contribution is -0.275. The SMILES string of the molecule is Cc1cc(C2=NOC(c3cc(Cl)cc(Cl)c3)(C(F)(F)F)C2)ccc1C(=O)N(N)C(=O)c1cccc(Cl)c1. The molecule has 0 aromatic heterocycles. The molecule has 1 unspecified atom stereocenters. The van der Waals surface area contributed by atoms with Crippen LogP contribution in [0.2, 0.25) is 15.1 Å². The molecule has 0 bridgehead atoms. The summed E-state index contributed by atoms with van der Waals surface area (Å²) < 4.78 is 42.7. The number of hydrogen-bond donors (Lipinski definition) is 1. The van der Waals surface area contributed by atoms with Crippen LogP contribution in [0.25, 0.3) is 0 Å². The highest BCUT2D eigenvalue weighted by Crippen LogP contribution is 2.49. The fourth-order valence-corrected chi connectivity index (χ4v) is 4.63. The molecule has 1 heterocycles. The third-order valence-electron chi connectivity index (χ3n) is 5.81. The molecule has 37 heavy (non-hydrogen) atoms. The molecule has 0 aliphatic carbocycles. The predicted octanol–water partition coefficient (Wildman–Crippen LogP) is 6.69. The molecular formula is C25H17Cl3F3N3O3. The summed E-state index contributed by atoms with van der Waals surface area (Å²) in [6, 6.07) is 13.7. The molecule has 0 saturated carbocycles. The lowest BCUT2D eigenvalue weighted by Crippen LogP contribution is -2.43. The van der Waals surface area contributed by atoms with Crippen LogP contribution < -0.4 is 5.84 Å². The molecule has 4 rings (SSSR count). The first kappa shape index (κ1) is 26.9. The second-order valence-corrected chi connectivity index (χ2v) is 9.62. The number of amides is 2. The van der Waals surface area contributed by atoms with Crippen LogP contribution in [0.1, 0.15) is 43.8 Å². The van der Waals surface area contributed by atoms with Gasteiger partial charge in [-0.2, -0.15) is 13.2 Å². The number of nitrogens with zero attached hydrogens (tertiary/aromatic N) is 2. The molecule has 2 amide bonds. The van der Waals surface area contributed by atoms with E-state index in [0.717, 1.165) is 12.1 Å². The zero-order chi connectivity index (χ0) is 27.1. The number of carbonyl (C=O) groups excluding carboxylic acids is 2. The Kier molecular flexibility index (Phi) is 7.27. The van der Waals surface area contributed by atoms with Crippen molar-refractivity contribution in [1.82, 2.24) is 5.01 Å². The average molecular weight is 571 g/mol. The zero-order valence-corrected chi connectivity index (χ0v) is 21.2. The van der Waals surface area contributed by atoms with Crippen LogP contribution in [0.3, 0.4) is 0 Å². The summed E-state index contributed by atoms with van der Waals surface area (Å²) in [5, 5.41) is 4.48. The summed E-state index contributed by atoms with van der Waals surface area (Å²) in [5.41, 5.74) is -2.26. The van der Waals surface area contributed by atoms with Gasteiger partial charge in [-0.25, -0.2) is 10.9 Å². The number of alkyl halides is 3. The maximum atomic E-state index is 14.2. The van der Waals surface area contributed by atoms with E-state index in [2.05, 4.69) is 5.16 Å². The summed E-state index contributed by atoms with van der Waals surface area (Å²) in [6.07, 6.45) is -5.51. The zero-order valence-electron chi connectivity index (χ0n) is 18.9. The molecule has 12 heteroatoms. The first-order valence-electron chi connectivity index (χ1n) is 10.6. The van der Waals surface area contributed by atoms with Gasteiger partial charge in [0.1, 0.15) is 0 Å². The Balaban J connectivity index is 1.60. The first-order valence-corrected chi connectivity index (χ1v) is 11.7. The Bertz CT molecular complexity index is 1430. The Morgan fingerprint density at radius 3 is 2.24 bits per heavy atom. The number of hydrogen-bond acceptors (Lipinski definition) is 5. The number of halogens is 6. The van der Waals surface area contributed by atoms with Gasteiger partial charge in [0.25, 0.3) is 17.4 Å². The van der Waals surface area contributed by atoms with Crippen LogP contribution in [-0.2, 0) is 10.4 Å². The van der Waals surface area contributed by atoms with E-state index in [4.69, 9.17) is 45.5 Å². The summed E-state index contributed by atoms with van der Waals surface area (Å²) in [7, 11) is 0. The van der Waals surface area contributed by atoms with Gasteiger partial charge in [-0.15, -0.1) is 0 Å². The van der Waals surface area contributed by atoms with E-state index in [0.29, 0.717) is 15.6 Å². The Labute approximate surface area is 224 Å². The molecule has 1 aliphatic rings.